The average Bonchev–Trinajstić information content (AvgIpc) is 3.51. The molecular formula is C78H147NO5. The first-order valence-electron chi connectivity index (χ1n) is 37.9. The second-order valence-corrected chi connectivity index (χ2v) is 26.0. The number of carbonyl (C=O) groups is 2. The summed E-state index contributed by atoms with van der Waals surface area (Å²) in [4.78, 5) is 24.6. The van der Waals surface area contributed by atoms with E-state index in [9.17, 15) is 19.8 Å². The zero-order valence-corrected chi connectivity index (χ0v) is 56.6. The van der Waals surface area contributed by atoms with E-state index in [1.807, 2.05) is 0 Å². The molecule has 0 aliphatic rings. The molecule has 1 amide bonds. The summed E-state index contributed by atoms with van der Waals surface area (Å²) in [7, 11) is 0. The van der Waals surface area contributed by atoms with Crippen molar-refractivity contribution >= 4 is 11.9 Å². The molecule has 3 N–H and O–H groups in total. The van der Waals surface area contributed by atoms with Crippen LogP contribution in [0.15, 0.2) is 48.6 Å². The second kappa shape index (κ2) is 73.3. The van der Waals surface area contributed by atoms with E-state index in [0.717, 1.165) is 57.8 Å². The quantitative estimate of drug-likeness (QED) is 0.0320. The molecule has 2 atom stereocenters. The molecule has 0 aromatic rings. The topological polar surface area (TPSA) is 95.9 Å². The van der Waals surface area contributed by atoms with Crippen molar-refractivity contribution in [2.24, 2.45) is 0 Å². The van der Waals surface area contributed by atoms with E-state index in [2.05, 4.69) is 67.8 Å². The van der Waals surface area contributed by atoms with Gasteiger partial charge in [0.05, 0.1) is 25.4 Å². The third kappa shape index (κ3) is 68.9. The maximum Gasteiger partial charge on any atom is 0.305 e. The minimum atomic E-state index is -0.660. The molecule has 0 radical (unpaired) electrons. The van der Waals surface area contributed by atoms with Crippen LogP contribution < -0.4 is 5.32 Å². The van der Waals surface area contributed by atoms with Crippen molar-refractivity contribution in [2.45, 2.75) is 424 Å². The van der Waals surface area contributed by atoms with E-state index in [1.54, 1.807) is 0 Å². The van der Waals surface area contributed by atoms with Gasteiger partial charge in [-0.15, -0.1) is 0 Å². The molecular weight excluding hydrogens is 1030 g/mol. The zero-order valence-electron chi connectivity index (χ0n) is 56.6. The van der Waals surface area contributed by atoms with Gasteiger partial charge in [-0.05, 0) is 89.9 Å². The fourth-order valence-electron chi connectivity index (χ4n) is 11.8. The number of allylic oxidation sites excluding steroid dienone is 8. The van der Waals surface area contributed by atoms with Crippen molar-refractivity contribution in [3.8, 4) is 0 Å². The van der Waals surface area contributed by atoms with Crippen LogP contribution >= 0.6 is 0 Å². The van der Waals surface area contributed by atoms with Gasteiger partial charge >= 0.3 is 5.97 Å². The van der Waals surface area contributed by atoms with Gasteiger partial charge in [0.15, 0.2) is 0 Å². The summed E-state index contributed by atoms with van der Waals surface area (Å²) in [5, 5.41) is 23.2. The fraction of sp³-hybridized carbons (Fsp3) is 0.872. The smallest absolute Gasteiger partial charge is 0.305 e. The number of hydrogen-bond acceptors (Lipinski definition) is 5. The van der Waals surface area contributed by atoms with Gasteiger partial charge in [0, 0.05) is 12.8 Å². The van der Waals surface area contributed by atoms with Crippen LogP contribution in [0, 0.1) is 0 Å². The van der Waals surface area contributed by atoms with Crippen LogP contribution in [-0.2, 0) is 14.3 Å². The number of unbranched alkanes of at least 4 members (excludes halogenated alkanes) is 52. The van der Waals surface area contributed by atoms with Gasteiger partial charge in [0.1, 0.15) is 0 Å². The van der Waals surface area contributed by atoms with E-state index in [4.69, 9.17) is 4.74 Å². The molecule has 0 saturated heterocycles. The lowest BCUT2D eigenvalue weighted by atomic mass is 10.0. The molecule has 0 spiro atoms. The van der Waals surface area contributed by atoms with Crippen LogP contribution in [-0.4, -0.2) is 47.4 Å². The van der Waals surface area contributed by atoms with Crippen molar-refractivity contribution in [3.63, 3.8) is 0 Å². The first kappa shape index (κ1) is 81.8. The summed E-state index contributed by atoms with van der Waals surface area (Å²) < 4.78 is 5.51. The van der Waals surface area contributed by atoms with Crippen LogP contribution in [0.1, 0.15) is 412 Å². The molecule has 6 heteroatoms. The lowest BCUT2D eigenvalue weighted by molar-refractivity contribution is -0.143. The molecule has 0 aliphatic carbocycles. The number of aliphatic hydroxyl groups excluding tert-OH is 2. The van der Waals surface area contributed by atoms with Crippen molar-refractivity contribution in [2.75, 3.05) is 13.2 Å². The molecule has 0 aromatic carbocycles. The molecule has 494 valence electrons. The first-order chi connectivity index (χ1) is 41.5. The van der Waals surface area contributed by atoms with Crippen LogP contribution in [0.2, 0.25) is 0 Å². The minimum Gasteiger partial charge on any atom is -0.466 e. The molecule has 0 heterocycles. The first-order valence-corrected chi connectivity index (χ1v) is 37.9. The molecule has 6 nitrogen and oxygen atoms in total. The van der Waals surface area contributed by atoms with Crippen LogP contribution in [0.5, 0.6) is 0 Å². The SMILES string of the molecule is CCCCCC/C=C\C/C=C\CCCCCCCCCC(=O)OCCCCCCCCCCCCCCCCC/C=C\C/C=C\CCCCCCCCCCCCCCCCCCCC(=O)NC(CO)C(O)CCCCCCCCCCCC. The maximum absolute atomic E-state index is 12.5. The molecule has 0 rings (SSSR count). The fourth-order valence-corrected chi connectivity index (χ4v) is 11.8. The summed E-state index contributed by atoms with van der Waals surface area (Å²) >= 11 is 0. The van der Waals surface area contributed by atoms with E-state index < -0.39 is 12.1 Å². The number of carbonyl (C=O) groups excluding carboxylic acids is 2. The Morgan fingerprint density at radius 2 is 0.595 bits per heavy atom. The Morgan fingerprint density at radius 1 is 0.333 bits per heavy atom. The molecule has 0 fully saturated rings. The lowest BCUT2D eigenvalue weighted by Crippen LogP contribution is -2.45. The molecule has 2 unspecified atom stereocenters. The predicted octanol–water partition coefficient (Wildman–Crippen LogP) is 24.8. The van der Waals surface area contributed by atoms with Gasteiger partial charge < -0.3 is 20.3 Å². The Balaban J connectivity index is 3.33. The highest BCUT2D eigenvalue weighted by atomic mass is 16.5. The van der Waals surface area contributed by atoms with Crippen molar-refractivity contribution in [1.29, 1.82) is 0 Å². The molecule has 84 heavy (non-hydrogen) atoms. The van der Waals surface area contributed by atoms with Crippen molar-refractivity contribution in [1.82, 2.24) is 5.32 Å². The standard InChI is InChI=1S/C78H147NO5/c1-3-5-7-9-11-13-15-16-17-18-43-46-49-52-56-60-64-68-72-78(83)84-73-69-65-61-57-53-50-47-44-41-39-37-35-33-31-29-27-25-23-21-19-20-22-24-26-28-30-32-34-36-38-40-42-45-48-51-55-59-63-67-71-77(82)79-75(74-80)76(81)70-66-62-58-54-14-12-10-8-6-4-2/h13,15,17-20,23,25,75-76,80-81H,3-12,14,16,21-22,24,26-74H2,1-2H3,(H,79,82)/b15-13-,18-17-,20-19-,25-23-. The number of nitrogens with one attached hydrogen (secondary N) is 1. The third-order valence-electron chi connectivity index (χ3n) is 17.6. The maximum atomic E-state index is 12.5. The van der Waals surface area contributed by atoms with Crippen LogP contribution in [0.4, 0.5) is 0 Å². The van der Waals surface area contributed by atoms with Gasteiger partial charge in [-0.1, -0.05) is 358 Å². The summed E-state index contributed by atoms with van der Waals surface area (Å²) in [6, 6.07) is -0.538. The van der Waals surface area contributed by atoms with E-state index in [1.165, 1.54) is 321 Å². The number of esters is 1. The summed E-state index contributed by atoms with van der Waals surface area (Å²) in [6.45, 7) is 4.95. The van der Waals surface area contributed by atoms with E-state index >= 15 is 0 Å². The predicted molar refractivity (Wildman–Crippen MR) is 370 cm³/mol. The zero-order chi connectivity index (χ0) is 60.6. The number of aliphatic hydroxyl groups is 2. The molecule has 0 saturated carbocycles. The van der Waals surface area contributed by atoms with Crippen LogP contribution in [0.25, 0.3) is 0 Å². The Bertz CT molecular complexity index is 1400. The Labute approximate surface area is 525 Å². The van der Waals surface area contributed by atoms with Gasteiger partial charge in [-0.2, -0.15) is 0 Å². The minimum absolute atomic E-state index is 0.0132. The Kier molecular flexibility index (Phi) is 71.4. The molecule has 0 aliphatic heterocycles. The number of hydrogen-bond donors (Lipinski definition) is 3. The van der Waals surface area contributed by atoms with Crippen LogP contribution in [0.3, 0.4) is 0 Å². The summed E-state index contributed by atoms with van der Waals surface area (Å²) in [6.07, 6.45) is 96.3. The van der Waals surface area contributed by atoms with E-state index in [0.29, 0.717) is 25.9 Å². The van der Waals surface area contributed by atoms with Gasteiger partial charge in [0.25, 0.3) is 0 Å². The van der Waals surface area contributed by atoms with Gasteiger partial charge in [0.2, 0.25) is 5.91 Å². The normalized spacial score (nSPS) is 12.8. The highest BCUT2D eigenvalue weighted by molar-refractivity contribution is 5.76. The van der Waals surface area contributed by atoms with E-state index in [-0.39, 0.29) is 18.5 Å². The summed E-state index contributed by atoms with van der Waals surface area (Å²) in [5.41, 5.74) is 0. The summed E-state index contributed by atoms with van der Waals surface area (Å²) in [5.74, 6) is -0.0189. The number of rotatable bonds is 71. The monoisotopic (exact) mass is 1180 g/mol. The third-order valence-corrected chi connectivity index (χ3v) is 17.6. The van der Waals surface area contributed by atoms with Gasteiger partial charge in [-0.3, -0.25) is 9.59 Å². The largest absolute Gasteiger partial charge is 0.466 e. The van der Waals surface area contributed by atoms with Gasteiger partial charge in [-0.25, -0.2) is 0 Å². The van der Waals surface area contributed by atoms with Crippen molar-refractivity contribution in [3.05, 3.63) is 48.6 Å². The highest BCUT2D eigenvalue weighted by Crippen LogP contribution is 2.19. The Hall–Kier alpha value is -2.18. The highest BCUT2D eigenvalue weighted by Gasteiger charge is 2.20. The number of ether oxygens (including phenoxy) is 1. The second-order valence-electron chi connectivity index (χ2n) is 26.0. The Morgan fingerprint density at radius 3 is 0.917 bits per heavy atom. The molecule has 0 aromatic heterocycles. The van der Waals surface area contributed by atoms with Crippen molar-refractivity contribution < 1.29 is 24.5 Å². The molecule has 0 bridgehead atoms. The lowest BCUT2D eigenvalue weighted by Gasteiger charge is -2.22. The average molecular weight is 1180 g/mol. The number of amides is 1.